The van der Waals surface area contributed by atoms with Crippen molar-refractivity contribution in [2.75, 3.05) is 26.8 Å². The highest BCUT2D eigenvalue weighted by atomic mass is 16.5. The molecule has 0 saturated heterocycles. The van der Waals surface area contributed by atoms with Crippen LogP contribution < -0.4 is 10.1 Å². The lowest BCUT2D eigenvalue weighted by molar-refractivity contribution is 0.0291. The van der Waals surface area contributed by atoms with Crippen LogP contribution in [0.2, 0.25) is 0 Å². The van der Waals surface area contributed by atoms with Crippen molar-refractivity contribution >= 4 is 0 Å². The molecular weight excluding hydrogens is 218 g/mol. The molecule has 0 fully saturated rings. The van der Waals surface area contributed by atoms with E-state index in [0.29, 0.717) is 19.8 Å². The molecule has 1 atom stereocenters. The zero-order valence-corrected chi connectivity index (χ0v) is 10.5. The molecule has 96 valence electrons. The molecule has 0 amide bonds. The van der Waals surface area contributed by atoms with Crippen LogP contribution in [0.1, 0.15) is 12.5 Å². The molecule has 0 radical (unpaired) electrons. The fourth-order valence-corrected chi connectivity index (χ4v) is 1.40. The Morgan fingerprint density at radius 2 is 2.00 bits per heavy atom. The number of aliphatic hydroxyl groups is 1. The number of benzene rings is 1. The highest BCUT2D eigenvalue weighted by Crippen LogP contribution is 2.11. The van der Waals surface area contributed by atoms with Gasteiger partial charge in [0.15, 0.2) is 0 Å². The summed E-state index contributed by atoms with van der Waals surface area (Å²) >= 11 is 0. The van der Waals surface area contributed by atoms with Crippen LogP contribution in [0.5, 0.6) is 5.75 Å². The zero-order chi connectivity index (χ0) is 12.5. The summed E-state index contributed by atoms with van der Waals surface area (Å²) in [5.74, 6) is 0.834. The van der Waals surface area contributed by atoms with E-state index in [2.05, 4.69) is 5.32 Å². The topological polar surface area (TPSA) is 50.7 Å². The number of rotatable bonds is 8. The molecule has 0 aliphatic carbocycles. The molecule has 0 spiro atoms. The van der Waals surface area contributed by atoms with Crippen molar-refractivity contribution in [3.05, 3.63) is 29.8 Å². The van der Waals surface area contributed by atoms with Crippen LogP contribution in [0.4, 0.5) is 0 Å². The molecule has 1 aromatic rings. The molecule has 0 aliphatic heterocycles. The molecule has 0 aromatic heterocycles. The molecule has 0 bridgehead atoms. The minimum Gasteiger partial charge on any atom is -0.497 e. The Hall–Kier alpha value is -1.10. The molecule has 17 heavy (non-hydrogen) atoms. The van der Waals surface area contributed by atoms with Crippen molar-refractivity contribution in [3.8, 4) is 5.75 Å². The van der Waals surface area contributed by atoms with Crippen LogP contribution in [0, 0.1) is 0 Å². The molecule has 0 heterocycles. The van der Waals surface area contributed by atoms with Crippen molar-refractivity contribution in [2.45, 2.75) is 19.6 Å². The Morgan fingerprint density at radius 1 is 1.29 bits per heavy atom. The van der Waals surface area contributed by atoms with E-state index in [1.54, 1.807) is 7.11 Å². The number of likely N-dealkylation sites (N-methyl/N-ethyl adjacent to an activating group) is 1. The van der Waals surface area contributed by atoms with Gasteiger partial charge in [-0.2, -0.15) is 0 Å². The van der Waals surface area contributed by atoms with Gasteiger partial charge in [-0.1, -0.05) is 19.1 Å². The third kappa shape index (κ3) is 5.68. The van der Waals surface area contributed by atoms with Crippen molar-refractivity contribution in [1.29, 1.82) is 0 Å². The lowest BCUT2D eigenvalue weighted by atomic mass is 10.2. The number of ether oxygens (including phenoxy) is 2. The van der Waals surface area contributed by atoms with E-state index in [9.17, 15) is 5.11 Å². The quantitative estimate of drug-likeness (QED) is 0.715. The van der Waals surface area contributed by atoms with Crippen LogP contribution in [0.3, 0.4) is 0 Å². The normalized spacial score (nSPS) is 12.4. The standard InChI is InChI=1S/C13H21NO3/c1-3-14-8-12(15)10-17-9-11-4-6-13(16-2)7-5-11/h4-7,12,14-15H,3,8-10H2,1-2H3/t12-/m1/s1. The molecular formula is C13H21NO3. The number of nitrogens with one attached hydrogen (secondary N) is 1. The molecule has 4 heteroatoms. The second kappa shape index (κ2) is 8.06. The Labute approximate surface area is 103 Å². The minimum absolute atomic E-state index is 0.346. The van der Waals surface area contributed by atoms with E-state index >= 15 is 0 Å². The first-order valence-electron chi connectivity index (χ1n) is 5.85. The molecule has 0 unspecified atom stereocenters. The lowest BCUT2D eigenvalue weighted by Crippen LogP contribution is -2.30. The summed E-state index contributed by atoms with van der Waals surface area (Å²) in [7, 11) is 1.64. The SMILES string of the molecule is CCNC[C@@H](O)COCc1ccc(OC)cc1. The van der Waals surface area contributed by atoms with Crippen LogP contribution in [0.15, 0.2) is 24.3 Å². The summed E-state index contributed by atoms with van der Waals surface area (Å²) in [6.45, 7) is 4.28. The number of aliphatic hydroxyl groups excluding tert-OH is 1. The maximum atomic E-state index is 9.53. The van der Waals surface area contributed by atoms with Gasteiger partial charge in [-0.3, -0.25) is 0 Å². The van der Waals surface area contributed by atoms with Gasteiger partial charge in [0.25, 0.3) is 0 Å². The number of methoxy groups -OCH3 is 1. The number of hydrogen-bond donors (Lipinski definition) is 2. The summed E-state index contributed by atoms with van der Waals surface area (Å²) in [5, 5.41) is 12.6. The summed E-state index contributed by atoms with van der Waals surface area (Å²) in [6.07, 6.45) is -0.451. The van der Waals surface area contributed by atoms with Crippen LogP contribution in [-0.2, 0) is 11.3 Å². The highest BCUT2D eigenvalue weighted by molar-refractivity contribution is 5.26. The molecule has 0 saturated carbocycles. The predicted molar refractivity (Wildman–Crippen MR) is 67.2 cm³/mol. The van der Waals surface area contributed by atoms with Crippen LogP contribution >= 0.6 is 0 Å². The second-order valence-electron chi connectivity index (χ2n) is 3.82. The molecule has 4 nitrogen and oxygen atoms in total. The van der Waals surface area contributed by atoms with Gasteiger partial charge >= 0.3 is 0 Å². The van der Waals surface area contributed by atoms with E-state index in [1.165, 1.54) is 0 Å². The second-order valence-corrected chi connectivity index (χ2v) is 3.82. The summed E-state index contributed by atoms with van der Waals surface area (Å²) in [4.78, 5) is 0. The van der Waals surface area contributed by atoms with Crippen LogP contribution in [0.25, 0.3) is 0 Å². The Morgan fingerprint density at radius 3 is 2.59 bits per heavy atom. The van der Waals surface area contributed by atoms with E-state index < -0.39 is 6.10 Å². The third-order valence-electron chi connectivity index (χ3n) is 2.37. The average molecular weight is 239 g/mol. The summed E-state index contributed by atoms with van der Waals surface area (Å²) in [6, 6.07) is 7.70. The Balaban J connectivity index is 2.21. The average Bonchev–Trinajstić information content (AvgIpc) is 2.37. The highest BCUT2D eigenvalue weighted by Gasteiger charge is 2.03. The largest absolute Gasteiger partial charge is 0.497 e. The van der Waals surface area contributed by atoms with Gasteiger partial charge in [0.1, 0.15) is 5.75 Å². The predicted octanol–water partition coefficient (Wildman–Crippen LogP) is 1.18. The zero-order valence-electron chi connectivity index (χ0n) is 10.5. The van der Waals surface area contributed by atoms with Crippen molar-refractivity contribution in [3.63, 3.8) is 0 Å². The Bertz CT molecular complexity index is 300. The van der Waals surface area contributed by atoms with E-state index in [-0.39, 0.29) is 0 Å². The minimum atomic E-state index is -0.451. The first-order chi connectivity index (χ1) is 8.26. The monoisotopic (exact) mass is 239 g/mol. The van der Waals surface area contributed by atoms with E-state index in [0.717, 1.165) is 17.9 Å². The first-order valence-corrected chi connectivity index (χ1v) is 5.85. The fourth-order valence-electron chi connectivity index (χ4n) is 1.40. The summed E-state index contributed by atoms with van der Waals surface area (Å²) in [5.41, 5.74) is 1.07. The van der Waals surface area contributed by atoms with Crippen molar-refractivity contribution < 1.29 is 14.6 Å². The van der Waals surface area contributed by atoms with Crippen LogP contribution in [-0.4, -0.2) is 38.0 Å². The number of hydrogen-bond acceptors (Lipinski definition) is 4. The van der Waals surface area contributed by atoms with Crippen molar-refractivity contribution in [1.82, 2.24) is 5.32 Å². The van der Waals surface area contributed by atoms with Gasteiger partial charge in [-0.05, 0) is 24.2 Å². The van der Waals surface area contributed by atoms with Gasteiger partial charge in [0.05, 0.1) is 26.4 Å². The lowest BCUT2D eigenvalue weighted by Gasteiger charge is -2.11. The molecule has 0 aliphatic rings. The summed E-state index contributed by atoms with van der Waals surface area (Å²) < 4.78 is 10.5. The van der Waals surface area contributed by atoms with Gasteiger partial charge in [0, 0.05) is 6.54 Å². The van der Waals surface area contributed by atoms with Gasteiger partial charge in [-0.15, -0.1) is 0 Å². The first kappa shape index (κ1) is 14.0. The third-order valence-corrected chi connectivity index (χ3v) is 2.37. The van der Waals surface area contributed by atoms with E-state index in [4.69, 9.17) is 9.47 Å². The maximum Gasteiger partial charge on any atom is 0.118 e. The smallest absolute Gasteiger partial charge is 0.118 e. The molecule has 2 N–H and O–H groups in total. The fraction of sp³-hybridized carbons (Fsp3) is 0.538. The van der Waals surface area contributed by atoms with Gasteiger partial charge in [-0.25, -0.2) is 0 Å². The van der Waals surface area contributed by atoms with Gasteiger partial charge < -0.3 is 19.9 Å². The van der Waals surface area contributed by atoms with E-state index in [1.807, 2.05) is 31.2 Å². The molecule has 1 rings (SSSR count). The molecule has 1 aromatic carbocycles. The van der Waals surface area contributed by atoms with Crippen molar-refractivity contribution in [2.24, 2.45) is 0 Å². The van der Waals surface area contributed by atoms with Gasteiger partial charge in [0.2, 0.25) is 0 Å². The maximum absolute atomic E-state index is 9.53. The Kier molecular flexibility index (Phi) is 6.62.